The highest BCUT2D eigenvalue weighted by atomic mass is 32.2. The second-order valence-electron chi connectivity index (χ2n) is 4.84. The lowest BCUT2D eigenvalue weighted by Gasteiger charge is -2.18. The molecule has 0 bridgehead atoms. The molecule has 0 radical (unpaired) electrons. The maximum Gasteiger partial charge on any atom is 0.168 e. The molecule has 0 saturated carbocycles. The van der Waals surface area contributed by atoms with Gasteiger partial charge in [-0.05, 0) is 35.3 Å². The van der Waals surface area contributed by atoms with Crippen LogP contribution in [0.15, 0.2) is 46.1 Å². The highest BCUT2D eigenvalue weighted by molar-refractivity contribution is 8.17. The van der Waals surface area contributed by atoms with E-state index in [-0.39, 0.29) is 0 Å². The summed E-state index contributed by atoms with van der Waals surface area (Å²) in [7, 11) is 1.72. The third kappa shape index (κ3) is 1.92. The molecule has 106 valence electrons. The van der Waals surface area contributed by atoms with E-state index < -0.39 is 0 Å². The number of methoxy groups -OCH3 is 1. The van der Waals surface area contributed by atoms with E-state index in [9.17, 15) is 0 Å². The highest BCUT2D eigenvalue weighted by Gasteiger charge is 2.32. The molecule has 2 aliphatic rings. The van der Waals surface area contributed by atoms with Crippen LogP contribution in [0.4, 0.5) is 0 Å². The molecule has 1 aromatic carbocycles. The molecule has 21 heavy (non-hydrogen) atoms. The Bertz CT molecular complexity index is 804. The Balaban J connectivity index is 1.98. The number of aliphatic imine (C=N–C) groups is 1. The van der Waals surface area contributed by atoms with Crippen molar-refractivity contribution in [3.8, 4) is 5.75 Å². The van der Waals surface area contributed by atoms with Gasteiger partial charge in [0.2, 0.25) is 0 Å². The van der Waals surface area contributed by atoms with Gasteiger partial charge in [-0.15, -0.1) is 11.3 Å². The van der Waals surface area contributed by atoms with E-state index in [2.05, 4.69) is 40.1 Å². The van der Waals surface area contributed by atoms with E-state index in [1.165, 1.54) is 26.3 Å². The molecule has 0 spiro atoms. The largest absolute Gasteiger partial charge is 0.497 e. The van der Waals surface area contributed by atoms with Crippen molar-refractivity contribution in [2.75, 3.05) is 20.2 Å². The quantitative estimate of drug-likeness (QED) is 0.849. The Morgan fingerprint density at radius 2 is 2.33 bits per heavy atom. The van der Waals surface area contributed by atoms with Crippen molar-refractivity contribution in [2.24, 2.45) is 4.99 Å². The zero-order valence-electron chi connectivity index (χ0n) is 11.6. The number of amidine groups is 1. The van der Waals surface area contributed by atoms with Crippen LogP contribution in [-0.4, -0.2) is 30.3 Å². The number of nitrogens with zero attached hydrogens (tertiary/aromatic N) is 2. The molecule has 0 unspecified atom stereocenters. The molecular weight excluding hydrogens is 300 g/mol. The Hall–Kier alpha value is -1.72. The zero-order valence-corrected chi connectivity index (χ0v) is 13.3. The second-order valence-corrected chi connectivity index (χ2v) is 6.80. The molecule has 0 aliphatic carbocycles. The molecule has 5 heteroatoms. The first-order chi connectivity index (χ1) is 10.3. The summed E-state index contributed by atoms with van der Waals surface area (Å²) in [6, 6.07) is 6.40. The Labute approximate surface area is 131 Å². The van der Waals surface area contributed by atoms with Crippen LogP contribution < -0.4 is 4.74 Å². The van der Waals surface area contributed by atoms with Gasteiger partial charge in [-0.25, -0.2) is 0 Å². The maximum absolute atomic E-state index is 5.47. The minimum absolute atomic E-state index is 0.868. The van der Waals surface area contributed by atoms with Gasteiger partial charge >= 0.3 is 0 Å². The molecule has 3 nitrogen and oxygen atoms in total. The van der Waals surface area contributed by atoms with Crippen LogP contribution in [0.5, 0.6) is 5.75 Å². The molecule has 1 aromatic heterocycles. The van der Waals surface area contributed by atoms with Gasteiger partial charge in [-0.3, -0.25) is 4.99 Å². The molecule has 0 atom stereocenters. The fourth-order valence-corrected chi connectivity index (χ4v) is 4.66. The molecule has 2 aromatic rings. The van der Waals surface area contributed by atoms with Crippen molar-refractivity contribution < 1.29 is 4.74 Å². The zero-order chi connectivity index (χ0) is 14.4. The normalized spacial score (nSPS) is 17.4. The summed E-state index contributed by atoms with van der Waals surface area (Å²) >= 11 is 3.45. The fourth-order valence-electron chi connectivity index (χ4n) is 2.78. The van der Waals surface area contributed by atoms with E-state index in [1.807, 2.05) is 6.08 Å². The summed E-state index contributed by atoms with van der Waals surface area (Å²) in [4.78, 5) is 8.04. The van der Waals surface area contributed by atoms with Crippen LogP contribution in [-0.2, 0) is 0 Å². The van der Waals surface area contributed by atoms with Crippen molar-refractivity contribution in [1.82, 2.24) is 4.90 Å². The summed E-state index contributed by atoms with van der Waals surface area (Å²) in [6.07, 6.45) is 1.93. The number of benzene rings is 1. The third-order valence-corrected chi connectivity index (χ3v) is 5.70. The lowest BCUT2D eigenvalue weighted by molar-refractivity contribution is 0.415. The summed E-state index contributed by atoms with van der Waals surface area (Å²) in [5, 5.41) is 4.48. The molecular formula is C16H14N2OS2. The van der Waals surface area contributed by atoms with E-state index >= 15 is 0 Å². The van der Waals surface area contributed by atoms with Gasteiger partial charge < -0.3 is 9.64 Å². The predicted molar refractivity (Wildman–Crippen MR) is 92.1 cm³/mol. The Morgan fingerprint density at radius 1 is 1.43 bits per heavy atom. The minimum Gasteiger partial charge on any atom is -0.497 e. The van der Waals surface area contributed by atoms with E-state index in [1.54, 1.807) is 30.2 Å². The molecule has 0 fully saturated rings. The van der Waals surface area contributed by atoms with Crippen LogP contribution >= 0.6 is 23.1 Å². The number of rotatable bonds is 3. The standard InChI is InChI=1S/C16H14N2OS2/c1-3-13-15(18-6-5-17-16(18)21-13)12-8-10(19-2)9-14-11(12)4-7-20-14/h3-4,7-9H,1,5-6H2,2H3. The van der Waals surface area contributed by atoms with Crippen molar-refractivity contribution in [2.45, 2.75) is 0 Å². The van der Waals surface area contributed by atoms with Gasteiger partial charge in [0.1, 0.15) is 5.75 Å². The van der Waals surface area contributed by atoms with E-state index in [0.717, 1.165) is 24.0 Å². The summed E-state index contributed by atoms with van der Waals surface area (Å²) in [5.74, 6) is 0.894. The van der Waals surface area contributed by atoms with Crippen LogP contribution in [0.25, 0.3) is 15.8 Å². The number of fused-ring (bicyclic) bond motifs is 2. The predicted octanol–water partition coefficient (Wildman–Crippen LogP) is 4.18. The monoisotopic (exact) mass is 314 g/mol. The van der Waals surface area contributed by atoms with Gasteiger partial charge in [0.25, 0.3) is 0 Å². The lowest BCUT2D eigenvalue weighted by atomic mass is 10.1. The number of allylic oxidation sites excluding steroid dienone is 1. The van der Waals surface area contributed by atoms with Crippen molar-refractivity contribution in [1.29, 1.82) is 0 Å². The lowest BCUT2D eigenvalue weighted by Crippen LogP contribution is -2.20. The summed E-state index contributed by atoms with van der Waals surface area (Å²) in [5.41, 5.74) is 2.42. The van der Waals surface area contributed by atoms with Gasteiger partial charge in [-0.2, -0.15) is 0 Å². The summed E-state index contributed by atoms with van der Waals surface area (Å²) < 4.78 is 6.72. The molecule has 3 heterocycles. The van der Waals surface area contributed by atoms with Crippen molar-refractivity contribution in [3.63, 3.8) is 0 Å². The molecule has 2 aliphatic heterocycles. The Morgan fingerprint density at radius 3 is 3.14 bits per heavy atom. The first kappa shape index (κ1) is 13.0. The van der Waals surface area contributed by atoms with Crippen LogP contribution in [0.2, 0.25) is 0 Å². The molecule has 0 saturated heterocycles. The molecule has 0 amide bonds. The number of ether oxygens (including phenoxy) is 1. The Kier molecular flexibility index (Phi) is 3.05. The fraction of sp³-hybridized carbons (Fsp3) is 0.188. The van der Waals surface area contributed by atoms with Crippen LogP contribution in [0, 0.1) is 0 Å². The van der Waals surface area contributed by atoms with Gasteiger partial charge in [0.15, 0.2) is 5.17 Å². The van der Waals surface area contributed by atoms with Crippen molar-refractivity contribution >= 4 is 44.0 Å². The van der Waals surface area contributed by atoms with E-state index in [4.69, 9.17) is 4.74 Å². The minimum atomic E-state index is 0.868. The first-order valence-corrected chi connectivity index (χ1v) is 8.43. The topological polar surface area (TPSA) is 24.8 Å². The number of thioether (sulfide) groups is 1. The van der Waals surface area contributed by atoms with Gasteiger partial charge in [0, 0.05) is 27.1 Å². The highest BCUT2D eigenvalue weighted by Crippen LogP contribution is 2.45. The van der Waals surface area contributed by atoms with E-state index in [0.29, 0.717) is 0 Å². The van der Waals surface area contributed by atoms with Gasteiger partial charge in [0.05, 0.1) is 19.4 Å². The second kappa shape index (κ2) is 4.93. The van der Waals surface area contributed by atoms with Crippen LogP contribution in [0.3, 0.4) is 0 Å². The van der Waals surface area contributed by atoms with Crippen LogP contribution in [0.1, 0.15) is 5.56 Å². The number of thiophene rings is 1. The number of hydrogen-bond acceptors (Lipinski definition) is 5. The SMILES string of the molecule is C=CC1=C(c2cc(OC)cc3sccc23)N2CCN=C2S1. The average molecular weight is 314 g/mol. The van der Waals surface area contributed by atoms with Gasteiger partial charge in [-0.1, -0.05) is 12.7 Å². The molecule has 4 rings (SSSR count). The summed E-state index contributed by atoms with van der Waals surface area (Å²) in [6.45, 7) is 5.78. The first-order valence-electron chi connectivity index (χ1n) is 6.74. The third-order valence-electron chi connectivity index (χ3n) is 3.73. The smallest absolute Gasteiger partial charge is 0.168 e. The average Bonchev–Trinajstić information content (AvgIpc) is 3.20. The molecule has 0 N–H and O–H groups in total. The number of hydrogen-bond donors (Lipinski definition) is 0. The maximum atomic E-state index is 5.47. The van der Waals surface area contributed by atoms with Crippen molar-refractivity contribution in [3.05, 3.63) is 46.7 Å².